The highest BCUT2D eigenvalue weighted by Crippen LogP contribution is 2.12. The van der Waals surface area contributed by atoms with E-state index in [1.807, 2.05) is 12.3 Å². The number of carbonyl (C=O) groups is 2. The molecule has 1 atom stereocenters. The van der Waals surface area contributed by atoms with Crippen LogP contribution in [0, 0.1) is 6.92 Å². The number of amides is 1. The molecule has 1 aliphatic heterocycles. The fourth-order valence-corrected chi connectivity index (χ4v) is 2.41. The maximum Gasteiger partial charge on any atom is 0.306 e. The van der Waals surface area contributed by atoms with Crippen molar-refractivity contribution in [1.29, 1.82) is 0 Å². The van der Waals surface area contributed by atoms with Crippen molar-refractivity contribution in [3.8, 4) is 0 Å². The van der Waals surface area contributed by atoms with Crippen LogP contribution < -0.4 is 5.32 Å². The van der Waals surface area contributed by atoms with E-state index < -0.39 is 0 Å². The number of thiazole rings is 1. The molecular formula is C11H14N2O3S. The highest BCUT2D eigenvalue weighted by molar-refractivity contribution is 7.09. The van der Waals surface area contributed by atoms with Crippen molar-refractivity contribution in [3.63, 3.8) is 0 Å². The van der Waals surface area contributed by atoms with Crippen LogP contribution in [0.15, 0.2) is 5.38 Å². The van der Waals surface area contributed by atoms with E-state index in [9.17, 15) is 9.59 Å². The van der Waals surface area contributed by atoms with Crippen molar-refractivity contribution in [2.24, 2.45) is 0 Å². The van der Waals surface area contributed by atoms with Crippen molar-refractivity contribution in [2.45, 2.75) is 32.3 Å². The predicted octanol–water partition coefficient (Wildman–Crippen LogP) is 0.816. The standard InChI is InChI=1S/C11H14N2O3S/c1-7-6-17-10(13-7)2-3-11(15)16-8-4-9(14)12-5-8/h6,8H,2-5H2,1H3,(H,12,14)/t8-/m0/s1. The van der Waals surface area contributed by atoms with Crippen LogP contribution in [0.2, 0.25) is 0 Å². The number of esters is 1. The molecular weight excluding hydrogens is 240 g/mol. The number of hydrogen-bond acceptors (Lipinski definition) is 5. The first kappa shape index (κ1) is 12.0. The molecule has 0 bridgehead atoms. The molecule has 5 nitrogen and oxygen atoms in total. The molecule has 1 fully saturated rings. The molecule has 1 aliphatic rings. The Balaban J connectivity index is 1.72. The first-order chi connectivity index (χ1) is 8.13. The number of nitrogens with one attached hydrogen (secondary N) is 1. The Morgan fingerprint density at radius 1 is 1.71 bits per heavy atom. The number of carbonyl (C=O) groups excluding carboxylic acids is 2. The smallest absolute Gasteiger partial charge is 0.306 e. The van der Waals surface area contributed by atoms with Gasteiger partial charge in [-0.1, -0.05) is 0 Å². The van der Waals surface area contributed by atoms with Gasteiger partial charge in [0.2, 0.25) is 5.91 Å². The third-order valence-corrected chi connectivity index (χ3v) is 3.47. The number of nitrogens with zero attached hydrogens (tertiary/aromatic N) is 1. The van der Waals surface area contributed by atoms with Crippen LogP contribution >= 0.6 is 11.3 Å². The van der Waals surface area contributed by atoms with Crippen LogP contribution in [0.3, 0.4) is 0 Å². The number of aromatic nitrogens is 1. The van der Waals surface area contributed by atoms with Crippen LogP contribution in [0.1, 0.15) is 23.5 Å². The minimum absolute atomic E-state index is 0.0571. The Labute approximate surface area is 103 Å². The summed E-state index contributed by atoms with van der Waals surface area (Å²) in [6.07, 6.45) is 0.901. The van der Waals surface area contributed by atoms with E-state index in [0.29, 0.717) is 19.4 Å². The molecule has 1 aromatic rings. The third-order valence-electron chi connectivity index (χ3n) is 2.45. The van der Waals surface area contributed by atoms with E-state index in [-0.39, 0.29) is 24.4 Å². The van der Waals surface area contributed by atoms with Crippen molar-refractivity contribution in [1.82, 2.24) is 10.3 Å². The Morgan fingerprint density at radius 3 is 3.12 bits per heavy atom. The van der Waals surface area contributed by atoms with E-state index in [4.69, 9.17) is 4.74 Å². The van der Waals surface area contributed by atoms with Crippen LogP contribution in [0.4, 0.5) is 0 Å². The van der Waals surface area contributed by atoms with Crippen molar-refractivity contribution in [2.75, 3.05) is 6.54 Å². The molecule has 6 heteroatoms. The quantitative estimate of drug-likeness (QED) is 0.808. The van der Waals surface area contributed by atoms with Gasteiger partial charge in [0.25, 0.3) is 0 Å². The van der Waals surface area contributed by atoms with E-state index in [0.717, 1.165) is 10.7 Å². The zero-order valence-corrected chi connectivity index (χ0v) is 10.4. The average molecular weight is 254 g/mol. The van der Waals surface area contributed by atoms with Crippen molar-refractivity contribution >= 4 is 23.2 Å². The Kier molecular flexibility index (Phi) is 3.73. The summed E-state index contributed by atoms with van der Waals surface area (Å²) in [6, 6.07) is 0. The van der Waals surface area contributed by atoms with Crippen LogP contribution in [-0.2, 0) is 20.7 Å². The molecule has 1 amide bonds. The molecule has 17 heavy (non-hydrogen) atoms. The summed E-state index contributed by atoms with van der Waals surface area (Å²) >= 11 is 1.55. The molecule has 0 spiro atoms. The monoisotopic (exact) mass is 254 g/mol. The lowest BCUT2D eigenvalue weighted by Crippen LogP contribution is -2.21. The van der Waals surface area contributed by atoms with Gasteiger partial charge in [0.1, 0.15) is 6.10 Å². The Hall–Kier alpha value is -1.43. The van der Waals surface area contributed by atoms with Gasteiger partial charge < -0.3 is 10.1 Å². The summed E-state index contributed by atoms with van der Waals surface area (Å²) in [6.45, 7) is 2.36. The fraction of sp³-hybridized carbons (Fsp3) is 0.545. The molecule has 1 saturated heterocycles. The largest absolute Gasteiger partial charge is 0.460 e. The highest BCUT2D eigenvalue weighted by atomic mass is 32.1. The highest BCUT2D eigenvalue weighted by Gasteiger charge is 2.24. The molecule has 2 rings (SSSR count). The summed E-state index contributed by atoms with van der Waals surface area (Å²) < 4.78 is 5.16. The molecule has 1 N–H and O–H groups in total. The normalized spacial score (nSPS) is 19.1. The third kappa shape index (κ3) is 3.52. The van der Waals surface area contributed by atoms with Gasteiger partial charge in [0, 0.05) is 17.5 Å². The predicted molar refractivity (Wildman–Crippen MR) is 62.7 cm³/mol. The molecule has 92 valence electrons. The number of rotatable bonds is 4. The lowest BCUT2D eigenvalue weighted by atomic mass is 10.3. The maximum atomic E-state index is 11.5. The molecule has 0 aliphatic carbocycles. The molecule has 0 aromatic carbocycles. The number of ether oxygens (including phenoxy) is 1. The Morgan fingerprint density at radius 2 is 2.53 bits per heavy atom. The SMILES string of the molecule is Cc1csc(CCC(=O)O[C@@H]2CNC(=O)C2)n1. The van der Waals surface area contributed by atoms with Crippen LogP contribution in [0.25, 0.3) is 0 Å². The van der Waals surface area contributed by atoms with Gasteiger partial charge >= 0.3 is 5.97 Å². The summed E-state index contributed by atoms with van der Waals surface area (Å²) in [5.74, 6) is -0.322. The first-order valence-corrected chi connectivity index (χ1v) is 6.38. The van der Waals surface area contributed by atoms with Crippen molar-refractivity contribution < 1.29 is 14.3 Å². The van der Waals surface area contributed by atoms with E-state index in [1.54, 1.807) is 11.3 Å². The number of hydrogen-bond donors (Lipinski definition) is 1. The second-order valence-electron chi connectivity index (χ2n) is 4.00. The lowest BCUT2D eigenvalue weighted by Gasteiger charge is -2.08. The summed E-state index contributed by atoms with van der Waals surface area (Å²) in [4.78, 5) is 26.7. The second kappa shape index (κ2) is 5.27. The molecule has 0 radical (unpaired) electrons. The summed E-state index contributed by atoms with van der Waals surface area (Å²) in [5.41, 5.74) is 0.976. The van der Waals surface area contributed by atoms with Gasteiger partial charge in [-0.25, -0.2) is 4.98 Å². The molecule has 0 unspecified atom stereocenters. The van der Waals surface area contributed by atoms with Gasteiger partial charge in [0.15, 0.2) is 0 Å². The zero-order valence-electron chi connectivity index (χ0n) is 9.56. The fourth-order valence-electron chi connectivity index (χ4n) is 1.63. The van der Waals surface area contributed by atoms with Gasteiger partial charge in [-0.2, -0.15) is 0 Å². The zero-order chi connectivity index (χ0) is 12.3. The minimum atomic E-state index is -0.298. The summed E-state index contributed by atoms with van der Waals surface area (Å²) in [5, 5.41) is 5.53. The second-order valence-corrected chi connectivity index (χ2v) is 4.95. The molecule has 0 saturated carbocycles. The van der Waals surface area contributed by atoms with Crippen molar-refractivity contribution in [3.05, 3.63) is 16.1 Å². The topological polar surface area (TPSA) is 68.3 Å². The maximum absolute atomic E-state index is 11.5. The van der Waals surface area contributed by atoms with Gasteiger partial charge in [0.05, 0.1) is 24.4 Å². The van der Waals surface area contributed by atoms with Gasteiger partial charge in [-0.15, -0.1) is 11.3 Å². The first-order valence-electron chi connectivity index (χ1n) is 5.50. The number of aryl methyl sites for hydroxylation is 2. The molecule has 2 heterocycles. The van der Waals surface area contributed by atoms with Crippen LogP contribution in [-0.4, -0.2) is 29.5 Å². The lowest BCUT2D eigenvalue weighted by molar-refractivity contribution is -0.148. The Bertz CT molecular complexity index is 430. The molecule has 1 aromatic heterocycles. The van der Waals surface area contributed by atoms with Gasteiger partial charge in [-0.3, -0.25) is 9.59 Å². The van der Waals surface area contributed by atoms with E-state index in [1.165, 1.54) is 0 Å². The summed E-state index contributed by atoms with van der Waals surface area (Å²) in [7, 11) is 0. The van der Waals surface area contributed by atoms with E-state index >= 15 is 0 Å². The van der Waals surface area contributed by atoms with Crippen LogP contribution in [0.5, 0.6) is 0 Å². The van der Waals surface area contributed by atoms with E-state index in [2.05, 4.69) is 10.3 Å². The minimum Gasteiger partial charge on any atom is -0.460 e. The van der Waals surface area contributed by atoms with Gasteiger partial charge in [-0.05, 0) is 6.92 Å². The average Bonchev–Trinajstić information content (AvgIpc) is 2.85.